The summed E-state index contributed by atoms with van der Waals surface area (Å²) in [5.74, 6) is -0.585. The van der Waals surface area contributed by atoms with E-state index in [4.69, 9.17) is 0 Å². The van der Waals surface area contributed by atoms with Crippen molar-refractivity contribution in [1.82, 2.24) is 9.62 Å². The van der Waals surface area contributed by atoms with Crippen molar-refractivity contribution in [2.75, 3.05) is 18.1 Å². The quantitative estimate of drug-likeness (QED) is 0.752. The van der Waals surface area contributed by atoms with Gasteiger partial charge < -0.3 is 10.2 Å². The minimum atomic E-state index is -3.42. The first-order valence-electron chi connectivity index (χ1n) is 9.26. The Balaban J connectivity index is 1.61. The Bertz CT molecular complexity index is 1100. The van der Waals surface area contributed by atoms with E-state index in [1.54, 1.807) is 12.1 Å². The Kier molecular flexibility index (Phi) is 4.97. The molecule has 4 rings (SSSR count). The minimum Gasteiger partial charge on any atom is -0.325 e. The molecule has 0 spiro atoms. The van der Waals surface area contributed by atoms with E-state index in [0.717, 1.165) is 17.4 Å². The molecule has 0 aliphatic carbocycles. The molecule has 29 heavy (non-hydrogen) atoms. The summed E-state index contributed by atoms with van der Waals surface area (Å²) in [6, 6.07) is 13.9. The lowest BCUT2D eigenvalue weighted by molar-refractivity contribution is -0.119. The lowest BCUT2D eigenvalue weighted by atomic mass is 10.1. The average Bonchev–Trinajstić information content (AvgIpc) is 3.06. The summed E-state index contributed by atoms with van der Waals surface area (Å²) >= 11 is 0. The third-order valence-corrected chi connectivity index (χ3v) is 5.81. The van der Waals surface area contributed by atoms with Gasteiger partial charge in [0.1, 0.15) is 6.04 Å². The highest BCUT2D eigenvalue weighted by atomic mass is 32.2. The highest BCUT2D eigenvalue weighted by molar-refractivity contribution is 7.88. The zero-order valence-electron chi connectivity index (χ0n) is 15.8. The Labute approximate surface area is 169 Å². The van der Waals surface area contributed by atoms with Gasteiger partial charge in [0, 0.05) is 12.6 Å². The number of nitrogens with one attached hydrogen (secondary N) is 2. The largest absolute Gasteiger partial charge is 0.325 e. The molecule has 1 fully saturated rings. The van der Waals surface area contributed by atoms with Gasteiger partial charge in [0.15, 0.2) is 0 Å². The molecule has 1 saturated heterocycles. The Morgan fingerprint density at radius 1 is 1.07 bits per heavy atom. The minimum absolute atomic E-state index is 0.160. The van der Waals surface area contributed by atoms with E-state index in [0.29, 0.717) is 11.3 Å². The molecule has 7 nitrogen and oxygen atoms in total. The zero-order chi connectivity index (χ0) is 20.6. The molecule has 0 unspecified atom stereocenters. The maximum Gasteiger partial charge on any atom is 0.256 e. The number of hydrogen-bond donors (Lipinski definition) is 2. The number of rotatable bonds is 4. The molecule has 2 amide bonds. The summed E-state index contributed by atoms with van der Waals surface area (Å²) < 4.78 is 25.6. The van der Waals surface area contributed by atoms with E-state index in [-0.39, 0.29) is 24.8 Å². The van der Waals surface area contributed by atoms with E-state index in [9.17, 15) is 18.0 Å². The van der Waals surface area contributed by atoms with Crippen molar-refractivity contribution >= 4 is 39.7 Å². The van der Waals surface area contributed by atoms with Gasteiger partial charge in [-0.3, -0.25) is 9.59 Å². The van der Waals surface area contributed by atoms with Crippen LogP contribution < -0.4 is 10.0 Å². The zero-order valence-corrected chi connectivity index (χ0v) is 16.6. The first kappa shape index (κ1) is 19.4. The third kappa shape index (κ3) is 4.23. The van der Waals surface area contributed by atoms with Gasteiger partial charge in [-0.1, -0.05) is 48.6 Å². The van der Waals surface area contributed by atoms with Crippen molar-refractivity contribution in [1.29, 1.82) is 0 Å². The molecule has 0 bridgehead atoms. The molecule has 2 N–H and O–H groups in total. The van der Waals surface area contributed by atoms with Gasteiger partial charge in [-0.15, -0.1) is 0 Å². The summed E-state index contributed by atoms with van der Waals surface area (Å²) in [6.07, 6.45) is 5.18. The van der Waals surface area contributed by atoms with Crippen LogP contribution in [0.15, 0.2) is 48.5 Å². The number of carbonyl (C=O) groups excluding carboxylic acids is 2. The first-order valence-corrected chi connectivity index (χ1v) is 11.2. The summed E-state index contributed by atoms with van der Waals surface area (Å²) in [7, 11) is -3.42. The van der Waals surface area contributed by atoms with Crippen molar-refractivity contribution in [3.8, 4) is 0 Å². The van der Waals surface area contributed by atoms with Crippen LogP contribution in [0, 0.1) is 0 Å². The molecule has 0 saturated carbocycles. The van der Waals surface area contributed by atoms with Gasteiger partial charge in [-0.2, -0.15) is 0 Å². The first-order chi connectivity index (χ1) is 13.8. The van der Waals surface area contributed by atoms with Gasteiger partial charge in [-0.05, 0) is 29.7 Å². The van der Waals surface area contributed by atoms with E-state index in [1.165, 1.54) is 4.90 Å². The fraction of sp³-hybridized carbons (Fsp3) is 0.238. The number of sulfonamides is 1. The number of carbonyl (C=O) groups is 2. The standard InChI is InChI=1S/C21H21N3O4S/c1-29(27,28)23-16-12-19-20(25)22-18-10-9-15(8-7-14-5-3-2-4-6-14)11-17(18)21(26)24(19)13-16/h2-11,16,19,23H,12-13H2,1H3,(H,22,25)/t16-,19-/m1/s1. The molecule has 2 heterocycles. The van der Waals surface area contributed by atoms with Crippen LogP contribution in [0.2, 0.25) is 0 Å². The summed E-state index contributed by atoms with van der Waals surface area (Å²) in [4.78, 5) is 27.2. The van der Waals surface area contributed by atoms with Gasteiger partial charge in [0.25, 0.3) is 5.91 Å². The molecular formula is C21H21N3O4S. The highest BCUT2D eigenvalue weighted by Crippen LogP contribution is 2.30. The molecule has 2 aromatic rings. The number of benzene rings is 2. The van der Waals surface area contributed by atoms with Crippen LogP contribution in [0.4, 0.5) is 5.69 Å². The SMILES string of the molecule is CS(=O)(=O)N[C@@H]1C[C@@H]2C(=O)Nc3ccc(C=Cc4ccccc4)cc3C(=O)N2C1. The van der Waals surface area contributed by atoms with Crippen LogP contribution in [0.3, 0.4) is 0 Å². The predicted molar refractivity (Wildman–Crippen MR) is 112 cm³/mol. The molecule has 8 heteroatoms. The molecule has 2 atom stereocenters. The van der Waals surface area contributed by atoms with E-state index in [2.05, 4.69) is 10.0 Å². The second kappa shape index (κ2) is 7.46. The van der Waals surface area contributed by atoms with Crippen molar-refractivity contribution in [2.24, 2.45) is 0 Å². The van der Waals surface area contributed by atoms with Crippen LogP contribution in [0.1, 0.15) is 27.9 Å². The molecule has 2 aliphatic heterocycles. The second-order valence-electron chi connectivity index (χ2n) is 7.33. The van der Waals surface area contributed by atoms with Crippen molar-refractivity contribution < 1.29 is 18.0 Å². The number of fused-ring (bicyclic) bond motifs is 2. The monoisotopic (exact) mass is 411 g/mol. The summed E-state index contributed by atoms with van der Waals surface area (Å²) in [6.45, 7) is 0.160. The maximum absolute atomic E-state index is 13.1. The average molecular weight is 411 g/mol. The fourth-order valence-electron chi connectivity index (χ4n) is 3.78. The van der Waals surface area contributed by atoms with E-state index < -0.39 is 22.1 Å². The fourth-order valence-corrected chi connectivity index (χ4v) is 4.55. The van der Waals surface area contributed by atoms with E-state index >= 15 is 0 Å². The normalized spacial score (nSPS) is 21.6. The Hall–Kier alpha value is -2.97. The van der Waals surface area contributed by atoms with Gasteiger partial charge in [0.05, 0.1) is 17.5 Å². The number of nitrogens with zero attached hydrogens (tertiary/aromatic N) is 1. The van der Waals surface area contributed by atoms with Crippen LogP contribution in [0.5, 0.6) is 0 Å². The maximum atomic E-state index is 13.1. The van der Waals surface area contributed by atoms with Crippen molar-refractivity contribution in [2.45, 2.75) is 18.5 Å². The number of anilines is 1. The van der Waals surface area contributed by atoms with Crippen LogP contribution in [-0.4, -0.2) is 50.0 Å². The van der Waals surface area contributed by atoms with Crippen LogP contribution >= 0.6 is 0 Å². The second-order valence-corrected chi connectivity index (χ2v) is 9.11. The van der Waals surface area contributed by atoms with Crippen molar-refractivity contribution in [3.05, 3.63) is 65.2 Å². The smallest absolute Gasteiger partial charge is 0.256 e. The topological polar surface area (TPSA) is 95.6 Å². The lowest BCUT2D eigenvalue weighted by Gasteiger charge is -2.20. The summed E-state index contributed by atoms with van der Waals surface area (Å²) in [5.41, 5.74) is 2.74. The Morgan fingerprint density at radius 2 is 1.79 bits per heavy atom. The molecule has 0 radical (unpaired) electrons. The Morgan fingerprint density at radius 3 is 2.52 bits per heavy atom. The molecule has 2 aliphatic rings. The van der Waals surface area contributed by atoms with Crippen LogP contribution in [-0.2, 0) is 14.8 Å². The highest BCUT2D eigenvalue weighted by Gasteiger charge is 2.43. The van der Waals surface area contributed by atoms with Gasteiger partial charge >= 0.3 is 0 Å². The molecule has 150 valence electrons. The predicted octanol–water partition coefficient (Wildman–Crippen LogP) is 1.94. The number of hydrogen-bond acceptors (Lipinski definition) is 4. The van der Waals surface area contributed by atoms with Gasteiger partial charge in [0.2, 0.25) is 15.9 Å². The lowest BCUT2D eigenvalue weighted by Crippen LogP contribution is -2.41. The van der Waals surface area contributed by atoms with Crippen molar-refractivity contribution in [3.63, 3.8) is 0 Å². The molecule has 0 aromatic heterocycles. The van der Waals surface area contributed by atoms with E-state index in [1.807, 2.05) is 48.6 Å². The molecule has 2 aromatic carbocycles. The van der Waals surface area contributed by atoms with Gasteiger partial charge in [-0.25, -0.2) is 13.1 Å². The van der Waals surface area contributed by atoms with Crippen LogP contribution in [0.25, 0.3) is 12.2 Å². The summed E-state index contributed by atoms with van der Waals surface area (Å²) in [5, 5.41) is 2.81. The third-order valence-electron chi connectivity index (χ3n) is 5.05. The number of amides is 2. The molecular weight excluding hydrogens is 390 g/mol.